The molecule has 0 atom stereocenters. The third-order valence-corrected chi connectivity index (χ3v) is 5.12. The summed E-state index contributed by atoms with van der Waals surface area (Å²) in [6.45, 7) is 6.15. The maximum absolute atomic E-state index is 13.8. The molecule has 1 N–H and O–H groups in total. The molecular weight excluding hydrogens is 421 g/mol. The van der Waals surface area contributed by atoms with Crippen LogP contribution in [0.1, 0.15) is 42.5 Å². The van der Waals surface area contributed by atoms with Gasteiger partial charge in [-0.2, -0.15) is 0 Å². The van der Waals surface area contributed by atoms with Crippen LogP contribution in [0.25, 0.3) is 0 Å². The minimum absolute atomic E-state index is 0.0542. The van der Waals surface area contributed by atoms with Crippen molar-refractivity contribution >= 4 is 23.2 Å². The van der Waals surface area contributed by atoms with Crippen molar-refractivity contribution < 1.29 is 18.4 Å². The molecule has 0 radical (unpaired) electrons. The zero-order valence-electron chi connectivity index (χ0n) is 19.7. The number of benzene rings is 2. The van der Waals surface area contributed by atoms with Crippen molar-refractivity contribution in [3.63, 3.8) is 0 Å². The molecule has 0 unspecified atom stereocenters. The molecule has 3 rings (SSSR count). The quantitative estimate of drug-likeness (QED) is 0.529. The number of nitrogens with zero attached hydrogens (tertiary/aromatic N) is 2. The standard InChI is InChI=1S/C26H30FN3O3/c1-26(2,3)25(32)30(16-18-8-6-9-20(27)14-18)17-19-15-21(11-12-22(19)29(4)5)28-24(31)23-10-7-13-33-23/h6-15H,16-17H2,1-5H3,(H,28,31). The fraction of sp³-hybridized carbons (Fsp3) is 0.308. The largest absolute Gasteiger partial charge is 0.459 e. The number of rotatable bonds is 7. The van der Waals surface area contributed by atoms with Gasteiger partial charge in [-0.3, -0.25) is 9.59 Å². The van der Waals surface area contributed by atoms with E-state index in [0.717, 1.165) is 11.3 Å². The van der Waals surface area contributed by atoms with Crippen LogP contribution in [0.2, 0.25) is 0 Å². The number of carbonyl (C=O) groups is 2. The number of furan rings is 1. The first-order valence-electron chi connectivity index (χ1n) is 10.7. The lowest BCUT2D eigenvalue weighted by Crippen LogP contribution is -2.39. The van der Waals surface area contributed by atoms with E-state index in [1.165, 1.54) is 18.4 Å². The van der Waals surface area contributed by atoms with Crippen LogP contribution in [-0.2, 0) is 17.9 Å². The van der Waals surface area contributed by atoms with Gasteiger partial charge in [0.05, 0.1) is 6.26 Å². The van der Waals surface area contributed by atoms with Crippen molar-refractivity contribution in [2.75, 3.05) is 24.3 Å². The summed E-state index contributed by atoms with van der Waals surface area (Å²) in [4.78, 5) is 29.4. The monoisotopic (exact) mass is 451 g/mol. The fourth-order valence-corrected chi connectivity index (χ4v) is 3.56. The lowest BCUT2D eigenvalue weighted by Gasteiger charge is -2.31. The third kappa shape index (κ3) is 6.22. The number of hydrogen-bond donors (Lipinski definition) is 1. The highest BCUT2D eigenvalue weighted by Gasteiger charge is 2.28. The van der Waals surface area contributed by atoms with E-state index in [0.29, 0.717) is 17.8 Å². The lowest BCUT2D eigenvalue weighted by atomic mass is 9.94. The Morgan fingerprint density at radius 3 is 2.36 bits per heavy atom. The second-order valence-electron chi connectivity index (χ2n) is 9.21. The van der Waals surface area contributed by atoms with Crippen LogP contribution in [0.4, 0.5) is 15.8 Å². The van der Waals surface area contributed by atoms with Crippen LogP contribution < -0.4 is 10.2 Å². The Morgan fingerprint density at radius 1 is 1.00 bits per heavy atom. The highest BCUT2D eigenvalue weighted by atomic mass is 19.1. The van der Waals surface area contributed by atoms with Crippen molar-refractivity contribution in [1.82, 2.24) is 4.90 Å². The lowest BCUT2D eigenvalue weighted by molar-refractivity contribution is -0.140. The maximum Gasteiger partial charge on any atom is 0.291 e. The Balaban J connectivity index is 1.93. The van der Waals surface area contributed by atoms with Crippen molar-refractivity contribution in [3.8, 4) is 0 Å². The van der Waals surface area contributed by atoms with Crippen molar-refractivity contribution in [3.05, 3.63) is 83.6 Å². The summed E-state index contributed by atoms with van der Waals surface area (Å²) in [6, 6.07) is 15.1. The van der Waals surface area contributed by atoms with E-state index in [2.05, 4.69) is 5.32 Å². The molecule has 2 amide bonds. The van der Waals surface area contributed by atoms with Crippen LogP contribution in [0, 0.1) is 11.2 Å². The zero-order chi connectivity index (χ0) is 24.2. The number of anilines is 2. The average Bonchev–Trinajstić information content (AvgIpc) is 3.27. The predicted octanol–water partition coefficient (Wildman–Crippen LogP) is 5.31. The Hall–Kier alpha value is -3.61. The Bertz CT molecular complexity index is 1120. The molecule has 6 nitrogen and oxygen atoms in total. The molecule has 3 aromatic rings. The molecule has 0 bridgehead atoms. The molecule has 33 heavy (non-hydrogen) atoms. The third-order valence-electron chi connectivity index (χ3n) is 5.12. The highest BCUT2D eigenvalue weighted by molar-refractivity contribution is 6.02. The summed E-state index contributed by atoms with van der Waals surface area (Å²) in [7, 11) is 3.84. The van der Waals surface area contributed by atoms with Gasteiger partial charge in [-0.15, -0.1) is 0 Å². The smallest absolute Gasteiger partial charge is 0.291 e. The topological polar surface area (TPSA) is 65.8 Å². The van der Waals surface area contributed by atoms with Crippen LogP contribution in [0.3, 0.4) is 0 Å². The summed E-state index contributed by atoms with van der Waals surface area (Å²) in [5.74, 6) is -0.538. The Morgan fingerprint density at radius 2 is 1.76 bits per heavy atom. The minimum atomic E-state index is -0.614. The minimum Gasteiger partial charge on any atom is -0.459 e. The van der Waals surface area contributed by atoms with Crippen LogP contribution in [0.15, 0.2) is 65.3 Å². The van der Waals surface area contributed by atoms with Crippen LogP contribution in [0.5, 0.6) is 0 Å². The van der Waals surface area contributed by atoms with E-state index in [1.54, 1.807) is 29.2 Å². The number of halogens is 1. The number of carbonyl (C=O) groups excluding carboxylic acids is 2. The van der Waals surface area contributed by atoms with Crippen molar-refractivity contribution in [2.24, 2.45) is 5.41 Å². The van der Waals surface area contributed by atoms with Crippen LogP contribution in [-0.4, -0.2) is 30.8 Å². The van der Waals surface area contributed by atoms with Gasteiger partial charge >= 0.3 is 0 Å². The first-order chi connectivity index (χ1) is 15.5. The molecule has 0 saturated heterocycles. The fourth-order valence-electron chi connectivity index (χ4n) is 3.56. The maximum atomic E-state index is 13.8. The first-order valence-corrected chi connectivity index (χ1v) is 10.7. The molecule has 0 aliphatic carbocycles. The molecule has 0 aliphatic heterocycles. The predicted molar refractivity (Wildman–Crippen MR) is 128 cm³/mol. The van der Waals surface area contributed by atoms with Crippen LogP contribution >= 0.6 is 0 Å². The Kier molecular flexibility index (Phi) is 7.21. The number of amides is 2. The molecule has 1 aromatic heterocycles. The molecule has 0 saturated carbocycles. The van der Waals surface area contributed by atoms with Gasteiger partial charge in [-0.1, -0.05) is 32.9 Å². The molecule has 0 spiro atoms. The Labute approximate surface area is 194 Å². The average molecular weight is 452 g/mol. The molecule has 2 aromatic carbocycles. The number of hydrogen-bond acceptors (Lipinski definition) is 4. The summed E-state index contributed by atoms with van der Waals surface area (Å²) in [5, 5.41) is 2.84. The summed E-state index contributed by atoms with van der Waals surface area (Å²) < 4.78 is 18.9. The SMILES string of the molecule is CN(C)c1ccc(NC(=O)c2ccco2)cc1CN(Cc1cccc(F)c1)C(=O)C(C)(C)C. The van der Waals surface area contributed by atoms with Crippen molar-refractivity contribution in [1.29, 1.82) is 0 Å². The van der Waals surface area contributed by atoms with E-state index in [9.17, 15) is 14.0 Å². The van der Waals surface area contributed by atoms with Gasteiger partial charge < -0.3 is 19.5 Å². The normalized spacial score (nSPS) is 11.2. The van der Waals surface area contributed by atoms with E-state index in [1.807, 2.05) is 58.0 Å². The van der Waals surface area contributed by atoms with Gasteiger partial charge in [0.2, 0.25) is 5.91 Å². The summed E-state index contributed by atoms with van der Waals surface area (Å²) >= 11 is 0. The van der Waals surface area contributed by atoms with Gasteiger partial charge in [0.25, 0.3) is 5.91 Å². The molecule has 0 fully saturated rings. The number of nitrogens with one attached hydrogen (secondary N) is 1. The molecule has 7 heteroatoms. The molecular formula is C26H30FN3O3. The second-order valence-corrected chi connectivity index (χ2v) is 9.21. The van der Waals surface area contributed by atoms with Gasteiger partial charge in [-0.25, -0.2) is 4.39 Å². The second kappa shape index (κ2) is 9.90. The van der Waals surface area contributed by atoms with E-state index in [-0.39, 0.29) is 29.9 Å². The first kappa shape index (κ1) is 24.0. The van der Waals surface area contributed by atoms with Gasteiger partial charge in [-0.05, 0) is 53.6 Å². The van der Waals surface area contributed by atoms with Gasteiger partial charge in [0, 0.05) is 44.0 Å². The van der Waals surface area contributed by atoms with E-state index in [4.69, 9.17) is 4.42 Å². The van der Waals surface area contributed by atoms with Crippen molar-refractivity contribution in [2.45, 2.75) is 33.9 Å². The summed E-state index contributed by atoms with van der Waals surface area (Å²) in [5.41, 5.74) is 2.45. The summed E-state index contributed by atoms with van der Waals surface area (Å²) in [6.07, 6.45) is 1.44. The molecule has 174 valence electrons. The van der Waals surface area contributed by atoms with Gasteiger partial charge in [0.1, 0.15) is 5.82 Å². The molecule has 0 aliphatic rings. The van der Waals surface area contributed by atoms with Gasteiger partial charge in [0.15, 0.2) is 5.76 Å². The van der Waals surface area contributed by atoms with E-state index >= 15 is 0 Å². The zero-order valence-corrected chi connectivity index (χ0v) is 19.7. The highest BCUT2D eigenvalue weighted by Crippen LogP contribution is 2.28. The van der Waals surface area contributed by atoms with E-state index < -0.39 is 5.41 Å². The molecule has 1 heterocycles.